The van der Waals surface area contributed by atoms with Crippen LogP contribution in [-0.4, -0.2) is 17.0 Å². The Labute approximate surface area is 159 Å². The van der Waals surface area contributed by atoms with Gasteiger partial charge in [-0.25, -0.2) is 9.87 Å². The van der Waals surface area contributed by atoms with Crippen molar-refractivity contribution in [2.75, 3.05) is 0 Å². The van der Waals surface area contributed by atoms with Gasteiger partial charge in [0.2, 0.25) is 0 Å². The van der Waals surface area contributed by atoms with E-state index in [4.69, 9.17) is 5.21 Å². The molecule has 0 aliphatic heterocycles. The van der Waals surface area contributed by atoms with Gasteiger partial charge in [-0.05, 0) is 42.3 Å². The third-order valence-corrected chi connectivity index (χ3v) is 5.16. The van der Waals surface area contributed by atoms with Crippen LogP contribution in [0.15, 0.2) is 60.7 Å². The lowest BCUT2D eigenvalue weighted by atomic mass is 10.00. The number of benzene rings is 2. The second kappa shape index (κ2) is 8.11. The van der Waals surface area contributed by atoms with E-state index < -0.39 is 5.91 Å². The number of nitrogens with one attached hydrogen (secondary N) is 2. The third kappa shape index (κ3) is 4.21. The summed E-state index contributed by atoms with van der Waals surface area (Å²) in [6.45, 7) is 1.83. The molecule has 0 saturated carbocycles. The van der Waals surface area contributed by atoms with E-state index in [1.165, 1.54) is 23.7 Å². The molecule has 0 saturated heterocycles. The molecule has 0 fully saturated rings. The zero-order valence-corrected chi connectivity index (χ0v) is 15.2. The van der Waals surface area contributed by atoms with E-state index in [9.17, 15) is 14.0 Å². The van der Waals surface area contributed by atoms with Crippen molar-refractivity contribution in [1.29, 1.82) is 0 Å². The van der Waals surface area contributed by atoms with Crippen LogP contribution in [0.4, 0.5) is 4.39 Å². The Kier molecular flexibility index (Phi) is 5.63. The Morgan fingerprint density at radius 1 is 1.00 bits per heavy atom. The molecule has 2 aromatic carbocycles. The van der Waals surface area contributed by atoms with E-state index in [0.29, 0.717) is 10.4 Å². The zero-order chi connectivity index (χ0) is 19.4. The Morgan fingerprint density at radius 2 is 1.70 bits per heavy atom. The van der Waals surface area contributed by atoms with Gasteiger partial charge in [0.25, 0.3) is 11.8 Å². The molecule has 138 valence electrons. The van der Waals surface area contributed by atoms with Gasteiger partial charge >= 0.3 is 0 Å². The molecule has 0 aliphatic rings. The van der Waals surface area contributed by atoms with Crippen LogP contribution in [0.1, 0.15) is 37.9 Å². The fourth-order valence-electron chi connectivity index (χ4n) is 2.66. The lowest BCUT2D eigenvalue weighted by Gasteiger charge is -2.15. The second-order valence-corrected chi connectivity index (χ2v) is 6.99. The maximum Gasteiger partial charge on any atom is 0.284 e. The summed E-state index contributed by atoms with van der Waals surface area (Å²) >= 11 is 0.979. The Bertz CT molecular complexity index is 987. The fourth-order valence-corrected chi connectivity index (χ4v) is 3.46. The quantitative estimate of drug-likeness (QED) is 0.456. The topological polar surface area (TPSA) is 78.4 Å². The summed E-state index contributed by atoms with van der Waals surface area (Å²) in [5.74, 6) is -1.30. The van der Waals surface area contributed by atoms with Crippen LogP contribution < -0.4 is 10.8 Å². The minimum atomic E-state index is -0.662. The van der Waals surface area contributed by atoms with Gasteiger partial charge in [0.15, 0.2) is 0 Å². The molecule has 3 rings (SSSR count). The molecule has 0 spiro atoms. The predicted octanol–water partition coefficient (Wildman–Crippen LogP) is 4.16. The van der Waals surface area contributed by atoms with E-state index in [1.807, 2.05) is 31.2 Å². The average Bonchev–Trinajstić information content (AvgIpc) is 3.18. The summed E-state index contributed by atoms with van der Waals surface area (Å²) in [5.41, 5.74) is 3.59. The first-order chi connectivity index (χ1) is 13.0. The summed E-state index contributed by atoms with van der Waals surface area (Å²) in [6, 6.07) is 16.5. The van der Waals surface area contributed by atoms with Gasteiger partial charge in [0.05, 0.1) is 15.8 Å². The van der Waals surface area contributed by atoms with E-state index >= 15 is 0 Å². The summed E-state index contributed by atoms with van der Waals surface area (Å²) in [5, 5.41) is 11.5. The van der Waals surface area contributed by atoms with Gasteiger partial charge < -0.3 is 5.32 Å². The number of rotatable bonds is 5. The summed E-state index contributed by atoms with van der Waals surface area (Å²) < 4.78 is 14.0. The van der Waals surface area contributed by atoms with Crippen molar-refractivity contribution in [3.8, 4) is 11.1 Å². The summed E-state index contributed by atoms with van der Waals surface area (Å²) in [7, 11) is 0. The number of amides is 2. The molecule has 0 aliphatic carbocycles. The Morgan fingerprint density at radius 3 is 2.41 bits per heavy atom. The van der Waals surface area contributed by atoms with E-state index in [-0.39, 0.29) is 22.6 Å². The van der Waals surface area contributed by atoms with Crippen molar-refractivity contribution in [2.24, 2.45) is 0 Å². The Balaban J connectivity index is 1.76. The highest BCUT2D eigenvalue weighted by molar-refractivity contribution is 7.15. The van der Waals surface area contributed by atoms with Crippen molar-refractivity contribution in [2.45, 2.75) is 13.0 Å². The molecular weight excluding hydrogens is 367 g/mol. The highest BCUT2D eigenvalue weighted by atomic mass is 32.1. The molecule has 0 bridgehead atoms. The minimum absolute atomic E-state index is 0.233. The van der Waals surface area contributed by atoms with E-state index in [2.05, 4.69) is 5.32 Å². The average molecular weight is 384 g/mol. The number of thiophene rings is 1. The molecule has 0 radical (unpaired) electrons. The molecule has 1 unspecified atom stereocenters. The second-order valence-electron chi connectivity index (χ2n) is 5.91. The van der Waals surface area contributed by atoms with Crippen LogP contribution in [0.25, 0.3) is 11.1 Å². The normalized spacial score (nSPS) is 11.7. The molecule has 1 atom stereocenters. The molecular formula is C20H17FN2O3S. The summed E-state index contributed by atoms with van der Waals surface area (Å²) in [4.78, 5) is 24.4. The van der Waals surface area contributed by atoms with Crippen LogP contribution in [-0.2, 0) is 0 Å². The van der Waals surface area contributed by atoms with Gasteiger partial charge in [-0.3, -0.25) is 14.8 Å². The fraction of sp³-hybridized carbons (Fsp3) is 0.100. The number of hydrogen-bond donors (Lipinski definition) is 3. The molecule has 1 aromatic heterocycles. The maximum atomic E-state index is 14.0. The number of hydroxylamine groups is 1. The van der Waals surface area contributed by atoms with Crippen LogP contribution in [0.5, 0.6) is 0 Å². The summed E-state index contributed by atoms with van der Waals surface area (Å²) in [6.07, 6.45) is 0. The molecule has 3 N–H and O–H groups in total. The number of hydrogen-bond acceptors (Lipinski definition) is 4. The van der Waals surface area contributed by atoms with Crippen molar-refractivity contribution < 1.29 is 19.2 Å². The molecule has 27 heavy (non-hydrogen) atoms. The monoisotopic (exact) mass is 384 g/mol. The van der Waals surface area contributed by atoms with Gasteiger partial charge in [0.1, 0.15) is 5.82 Å². The molecule has 7 heteroatoms. The number of halogens is 1. The predicted molar refractivity (Wildman–Crippen MR) is 101 cm³/mol. The van der Waals surface area contributed by atoms with Gasteiger partial charge in [-0.1, -0.05) is 36.4 Å². The van der Waals surface area contributed by atoms with Crippen molar-refractivity contribution in [3.05, 3.63) is 81.8 Å². The standard InChI is InChI=1S/C20H17FN2O3S/c1-12(22-19(24)17-9-10-18(27-17)20(25)23-26)13-5-4-6-14(11-13)15-7-2-3-8-16(15)21/h2-12,26H,1H3,(H,22,24)(H,23,25). The number of carbonyl (C=O) groups excluding carboxylic acids is 2. The Hall–Kier alpha value is -3.03. The van der Waals surface area contributed by atoms with Crippen LogP contribution in [0.3, 0.4) is 0 Å². The first-order valence-electron chi connectivity index (χ1n) is 8.19. The molecule has 3 aromatic rings. The smallest absolute Gasteiger partial charge is 0.284 e. The maximum absolute atomic E-state index is 14.0. The van der Waals surface area contributed by atoms with E-state index in [1.54, 1.807) is 18.2 Å². The minimum Gasteiger partial charge on any atom is -0.345 e. The van der Waals surface area contributed by atoms with Crippen molar-refractivity contribution >= 4 is 23.2 Å². The molecule has 2 amide bonds. The van der Waals surface area contributed by atoms with E-state index in [0.717, 1.165) is 22.5 Å². The molecule has 5 nitrogen and oxygen atoms in total. The SMILES string of the molecule is CC(NC(=O)c1ccc(C(=O)NO)s1)c1cccc(-c2ccccc2F)c1. The zero-order valence-electron chi connectivity index (χ0n) is 14.4. The first kappa shape index (κ1) is 18.8. The van der Waals surface area contributed by atoms with Gasteiger partial charge in [-0.2, -0.15) is 0 Å². The van der Waals surface area contributed by atoms with Crippen LogP contribution in [0, 0.1) is 5.82 Å². The molecule has 1 heterocycles. The van der Waals surface area contributed by atoms with Gasteiger partial charge in [0, 0.05) is 5.56 Å². The number of carbonyl (C=O) groups is 2. The van der Waals surface area contributed by atoms with Gasteiger partial charge in [-0.15, -0.1) is 11.3 Å². The lowest BCUT2D eigenvalue weighted by Crippen LogP contribution is -2.25. The van der Waals surface area contributed by atoms with Crippen molar-refractivity contribution in [1.82, 2.24) is 10.8 Å². The largest absolute Gasteiger partial charge is 0.345 e. The lowest BCUT2D eigenvalue weighted by molar-refractivity contribution is 0.0711. The van der Waals surface area contributed by atoms with Crippen LogP contribution >= 0.6 is 11.3 Å². The van der Waals surface area contributed by atoms with Crippen LogP contribution in [0.2, 0.25) is 0 Å². The van der Waals surface area contributed by atoms with Crippen molar-refractivity contribution in [3.63, 3.8) is 0 Å². The first-order valence-corrected chi connectivity index (χ1v) is 9.01. The highest BCUT2D eigenvalue weighted by Crippen LogP contribution is 2.26. The highest BCUT2D eigenvalue weighted by Gasteiger charge is 2.16. The third-order valence-electron chi connectivity index (χ3n) is 4.07.